The molecule has 5 heterocycles. The van der Waals surface area contributed by atoms with Crippen LogP contribution in [0.5, 0.6) is 11.5 Å². The van der Waals surface area contributed by atoms with E-state index in [2.05, 4.69) is 55.0 Å². The molecule has 9 rings (SSSR count). The van der Waals surface area contributed by atoms with Gasteiger partial charge in [0.25, 0.3) is 11.8 Å². The maximum atomic E-state index is 13.4. The molecule has 18 nitrogen and oxygen atoms in total. The summed E-state index contributed by atoms with van der Waals surface area (Å²) in [5.74, 6) is 4.88. The lowest BCUT2D eigenvalue weighted by atomic mass is 9.92. The SMILES string of the molecule is CCCc1cc(N2CCC(CN3CCC(CN4CCN(Cc5ccc(N(C(=N)C(=O)NC(C)C(F)(F)F)C(=N)c6cc(C(C)C)c(O)cc6O)cc5)CC4)CC3)CC2)ccc1Nc1ncc2c(n1)N(N)c1ccccc1C(=O)N2C. The molecule has 8 N–H and O–H groups in total. The molecule has 4 aromatic carbocycles. The summed E-state index contributed by atoms with van der Waals surface area (Å²) in [6.45, 7) is 17.4. The van der Waals surface area contributed by atoms with Crippen molar-refractivity contribution in [3.8, 4) is 11.5 Å². The molecular formula is C59H75F3N14O4. The molecule has 21 heteroatoms. The number of hydrogen-bond donors (Lipinski definition) is 7. The smallest absolute Gasteiger partial charge is 0.408 e. The van der Waals surface area contributed by atoms with Crippen LogP contribution in [-0.4, -0.2) is 143 Å². The molecule has 0 spiro atoms. The maximum Gasteiger partial charge on any atom is 0.408 e. The van der Waals surface area contributed by atoms with Gasteiger partial charge in [-0.3, -0.25) is 35.2 Å². The Morgan fingerprint density at radius 2 is 1.46 bits per heavy atom. The zero-order valence-corrected chi connectivity index (χ0v) is 46.4. The normalized spacial score (nSPS) is 17.5. The second kappa shape index (κ2) is 24.6. The predicted molar refractivity (Wildman–Crippen MR) is 308 cm³/mol. The number of anilines is 7. The zero-order valence-electron chi connectivity index (χ0n) is 46.4. The minimum atomic E-state index is -4.75. The molecule has 3 fully saturated rings. The summed E-state index contributed by atoms with van der Waals surface area (Å²) in [7, 11) is 1.71. The lowest BCUT2D eigenvalue weighted by molar-refractivity contribution is -0.156. The summed E-state index contributed by atoms with van der Waals surface area (Å²) in [6.07, 6.45) is 3.46. The first-order chi connectivity index (χ1) is 38.3. The Morgan fingerprint density at radius 3 is 2.11 bits per heavy atom. The van der Waals surface area contributed by atoms with E-state index in [0.29, 0.717) is 52.6 Å². The molecule has 3 saturated heterocycles. The number of hydrogen-bond acceptors (Lipinski definition) is 15. The molecule has 1 atom stereocenters. The molecule has 0 aliphatic carbocycles. The fourth-order valence-electron chi connectivity index (χ4n) is 11.4. The highest BCUT2D eigenvalue weighted by atomic mass is 19.4. The molecular weight excluding hydrogens is 1030 g/mol. The van der Waals surface area contributed by atoms with Crippen molar-refractivity contribution in [3.05, 3.63) is 113 Å². The van der Waals surface area contributed by atoms with E-state index in [1.807, 2.05) is 49.5 Å². The van der Waals surface area contributed by atoms with Gasteiger partial charge in [-0.2, -0.15) is 18.2 Å². The van der Waals surface area contributed by atoms with Gasteiger partial charge in [-0.25, -0.2) is 10.8 Å². The second-order valence-corrected chi connectivity index (χ2v) is 22.1. The zero-order chi connectivity index (χ0) is 57.0. The van der Waals surface area contributed by atoms with Crippen molar-refractivity contribution in [1.82, 2.24) is 30.0 Å². The average molecular weight is 1100 g/mol. The first kappa shape index (κ1) is 57.4. The Hall–Kier alpha value is -7.33. The number of amidine groups is 2. The summed E-state index contributed by atoms with van der Waals surface area (Å²) in [5.41, 5.74) is 6.40. The standard InChI is InChI=1S/C59H75F3N14O4/c1-6-9-42-30-44(16-17-48(42)68-58-66-33-50-55(69-58)76(65)49-11-8-7-10-45(49)57(80)70(50)5)74-24-20-41(21-25-74)35-71-22-18-40(19-23-71)36-73-28-26-72(27-29-73)34-39-12-14-43(15-13-39)75(54(64)56(79)67-38(4)59(60,61)62)53(63)47-31-46(37(2)3)51(77)32-52(47)78/h7-8,10-17,30-33,37-38,40-41,63-64,77-78H,6,9,18-29,34-36,65H2,1-5H3,(H,67,79)(H,66,68,69). The highest BCUT2D eigenvalue weighted by Gasteiger charge is 2.39. The molecule has 426 valence electrons. The van der Waals surface area contributed by atoms with E-state index in [1.54, 1.807) is 31.4 Å². The largest absolute Gasteiger partial charge is 0.508 e. The number of fused-ring (bicyclic) bond motifs is 2. The fourth-order valence-corrected chi connectivity index (χ4v) is 11.4. The van der Waals surface area contributed by atoms with Gasteiger partial charge in [0.15, 0.2) is 11.7 Å². The van der Waals surface area contributed by atoms with E-state index in [1.165, 1.54) is 40.1 Å². The van der Waals surface area contributed by atoms with Gasteiger partial charge in [-0.15, -0.1) is 0 Å². The summed E-state index contributed by atoms with van der Waals surface area (Å²) < 4.78 is 40.3. The third-order valence-corrected chi connectivity index (χ3v) is 16.2. The number of para-hydroxylation sites is 1. The third-order valence-electron chi connectivity index (χ3n) is 16.2. The fraction of sp³-hybridized carbons (Fsp3) is 0.458. The number of amides is 2. The number of nitrogens with one attached hydrogen (secondary N) is 4. The van der Waals surface area contributed by atoms with Crippen molar-refractivity contribution in [3.63, 3.8) is 0 Å². The Labute approximate surface area is 466 Å². The highest BCUT2D eigenvalue weighted by molar-refractivity contribution is 6.48. The van der Waals surface area contributed by atoms with Crippen molar-refractivity contribution in [2.75, 3.05) is 97.5 Å². The Kier molecular flexibility index (Phi) is 17.6. The summed E-state index contributed by atoms with van der Waals surface area (Å²) in [5, 5.41) is 45.7. The number of aromatic nitrogens is 2. The number of nitrogens with zero attached hydrogens (tertiary/aromatic N) is 9. The van der Waals surface area contributed by atoms with Gasteiger partial charge < -0.3 is 40.4 Å². The number of likely N-dealkylation sites (tertiary alicyclic amines) is 1. The van der Waals surface area contributed by atoms with Crippen LogP contribution >= 0.6 is 0 Å². The Morgan fingerprint density at radius 1 is 0.825 bits per heavy atom. The van der Waals surface area contributed by atoms with Crippen LogP contribution in [-0.2, 0) is 17.8 Å². The van der Waals surface area contributed by atoms with Gasteiger partial charge >= 0.3 is 6.18 Å². The number of benzene rings is 4. The minimum absolute atomic E-state index is 0.104. The van der Waals surface area contributed by atoms with Crippen molar-refractivity contribution in [2.24, 2.45) is 17.7 Å². The summed E-state index contributed by atoms with van der Waals surface area (Å²) >= 11 is 0. The average Bonchev–Trinajstić information content (AvgIpc) is 3.57. The molecule has 5 aromatic rings. The molecule has 4 aliphatic rings. The number of phenolic OH excluding ortho intramolecular Hbond substituents is 2. The number of phenols is 2. The molecule has 1 aromatic heterocycles. The summed E-state index contributed by atoms with van der Waals surface area (Å²) in [6, 6.07) is 20.9. The lowest BCUT2D eigenvalue weighted by Gasteiger charge is -2.40. The van der Waals surface area contributed by atoms with Gasteiger partial charge in [-0.05, 0) is 135 Å². The Balaban J connectivity index is 0.724. The van der Waals surface area contributed by atoms with Crippen molar-refractivity contribution in [2.45, 2.75) is 90.9 Å². The van der Waals surface area contributed by atoms with Crippen LogP contribution in [0.4, 0.5) is 53.4 Å². The molecule has 0 saturated carbocycles. The number of carbonyl (C=O) groups is 2. The quantitative estimate of drug-likeness (QED) is 0.0296. The van der Waals surface area contributed by atoms with Crippen molar-refractivity contribution >= 4 is 63.7 Å². The monoisotopic (exact) mass is 1100 g/mol. The minimum Gasteiger partial charge on any atom is -0.508 e. The molecule has 1 unspecified atom stereocenters. The maximum absolute atomic E-state index is 13.4. The number of piperidine rings is 2. The second-order valence-electron chi connectivity index (χ2n) is 22.1. The van der Waals surface area contributed by atoms with Crippen LogP contribution in [0.15, 0.2) is 85.1 Å². The van der Waals surface area contributed by atoms with E-state index in [4.69, 9.17) is 21.6 Å². The molecule has 0 radical (unpaired) electrons. The van der Waals surface area contributed by atoms with Crippen molar-refractivity contribution in [1.29, 1.82) is 10.8 Å². The van der Waals surface area contributed by atoms with Gasteiger partial charge in [0.2, 0.25) is 5.95 Å². The summed E-state index contributed by atoms with van der Waals surface area (Å²) in [4.78, 5) is 48.3. The number of piperazine rings is 1. The van der Waals surface area contributed by atoms with E-state index in [0.717, 1.165) is 120 Å². The van der Waals surface area contributed by atoms with Crippen LogP contribution in [0.3, 0.4) is 0 Å². The first-order valence-corrected chi connectivity index (χ1v) is 27.9. The van der Waals surface area contributed by atoms with Crippen LogP contribution in [0.25, 0.3) is 0 Å². The topological polar surface area (TPSA) is 221 Å². The molecule has 0 bridgehead atoms. The van der Waals surface area contributed by atoms with E-state index < -0.39 is 35.5 Å². The van der Waals surface area contributed by atoms with Crippen LogP contribution < -0.4 is 36.2 Å². The highest BCUT2D eigenvalue weighted by Crippen LogP contribution is 2.39. The van der Waals surface area contributed by atoms with E-state index in [-0.39, 0.29) is 28.8 Å². The first-order valence-electron chi connectivity index (χ1n) is 27.9. The van der Waals surface area contributed by atoms with Gasteiger partial charge in [0, 0.05) is 89.1 Å². The van der Waals surface area contributed by atoms with Crippen molar-refractivity contribution < 1.29 is 33.0 Å². The number of carbonyl (C=O) groups excluding carboxylic acids is 2. The number of hydrazine groups is 1. The van der Waals surface area contributed by atoms with Gasteiger partial charge in [0.1, 0.15) is 29.1 Å². The molecule has 80 heavy (non-hydrogen) atoms. The van der Waals surface area contributed by atoms with Crippen LogP contribution in [0.2, 0.25) is 0 Å². The predicted octanol–water partition coefficient (Wildman–Crippen LogP) is 8.93. The number of rotatable bonds is 15. The molecule has 2 amide bonds. The number of aryl methyl sites for hydroxylation is 1. The third kappa shape index (κ3) is 13.0. The van der Waals surface area contributed by atoms with E-state index in [9.17, 15) is 33.0 Å². The van der Waals surface area contributed by atoms with Gasteiger partial charge in [-0.1, -0.05) is 51.5 Å². The Bertz CT molecular complexity index is 3040. The van der Waals surface area contributed by atoms with E-state index >= 15 is 0 Å². The van der Waals surface area contributed by atoms with Crippen LogP contribution in [0.1, 0.15) is 98.3 Å². The van der Waals surface area contributed by atoms with Crippen LogP contribution in [0, 0.1) is 22.7 Å². The van der Waals surface area contributed by atoms with Gasteiger partial charge in [0.05, 0.1) is 23.0 Å². The number of halogens is 3. The number of aromatic hydroxyl groups is 2. The number of alkyl halides is 3. The molecule has 4 aliphatic heterocycles. The number of nitrogens with two attached hydrogens (primary N) is 1. The lowest BCUT2D eigenvalue weighted by Crippen LogP contribution is -2.51.